The largest absolute Gasteiger partial charge is 0.467 e. The van der Waals surface area contributed by atoms with E-state index in [1.54, 1.807) is 6.07 Å². The maximum absolute atomic E-state index is 13.1. The summed E-state index contributed by atoms with van der Waals surface area (Å²) in [6.07, 6.45) is 1.96. The maximum Gasteiger partial charge on any atom is 0.331 e. The zero-order valence-corrected chi connectivity index (χ0v) is 10.0. The van der Waals surface area contributed by atoms with Gasteiger partial charge in [-0.15, -0.1) is 0 Å². The Kier molecular flexibility index (Phi) is 3.05. The van der Waals surface area contributed by atoms with Gasteiger partial charge in [-0.2, -0.15) is 0 Å². The number of esters is 1. The van der Waals surface area contributed by atoms with Gasteiger partial charge < -0.3 is 10.1 Å². The first-order valence-corrected chi connectivity index (χ1v) is 5.76. The fourth-order valence-electron chi connectivity index (χ4n) is 2.32. The molecule has 1 aliphatic rings. The van der Waals surface area contributed by atoms with Crippen LogP contribution in [0.2, 0.25) is 0 Å². The van der Waals surface area contributed by atoms with Crippen LogP contribution >= 0.6 is 0 Å². The van der Waals surface area contributed by atoms with Crippen molar-refractivity contribution in [2.75, 3.05) is 12.4 Å². The second-order valence-electron chi connectivity index (χ2n) is 4.35. The molecule has 0 aliphatic carbocycles. The Morgan fingerprint density at radius 1 is 1.59 bits per heavy atom. The molecule has 1 atom stereocenters. The Bertz CT molecular complexity index is 447. The molecule has 0 radical (unpaired) electrons. The van der Waals surface area contributed by atoms with Gasteiger partial charge in [0, 0.05) is 5.69 Å². The van der Waals surface area contributed by atoms with Gasteiger partial charge in [0.25, 0.3) is 0 Å². The van der Waals surface area contributed by atoms with Crippen molar-refractivity contribution in [2.45, 2.75) is 31.7 Å². The average Bonchev–Trinajstić information content (AvgIpc) is 2.37. The second kappa shape index (κ2) is 4.35. The molecule has 2 rings (SSSR count). The van der Waals surface area contributed by atoms with Gasteiger partial charge in [0.1, 0.15) is 11.4 Å². The quantitative estimate of drug-likeness (QED) is 0.803. The van der Waals surface area contributed by atoms with E-state index < -0.39 is 5.54 Å². The van der Waals surface area contributed by atoms with E-state index in [0.29, 0.717) is 19.3 Å². The van der Waals surface area contributed by atoms with Crippen molar-refractivity contribution in [3.63, 3.8) is 0 Å². The van der Waals surface area contributed by atoms with Gasteiger partial charge in [-0.1, -0.05) is 6.92 Å². The molecular formula is C13H16FNO2. The smallest absolute Gasteiger partial charge is 0.331 e. The standard InChI is InChI=1S/C13H16FNO2/c1-3-13(12(16)17-2)7-6-9-8-10(14)4-5-11(9)15-13/h4-5,8,15H,3,6-7H2,1-2H3. The van der Waals surface area contributed by atoms with Crippen molar-refractivity contribution in [1.29, 1.82) is 0 Å². The average molecular weight is 237 g/mol. The van der Waals surface area contributed by atoms with Crippen LogP contribution in [-0.4, -0.2) is 18.6 Å². The molecule has 0 saturated heterocycles. The summed E-state index contributed by atoms with van der Waals surface area (Å²) >= 11 is 0. The predicted octanol–water partition coefficient (Wildman–Crippen LogP) is 2.51. The highest BCUT2D eigenvalue weighted by Crippen LogP contribution is 2.34. The number of ether oxygens (including phenoxy) is 1. The third-order valence-electron chi connectivity index (χ3n) is 3.44. The van der Waals surface area contributed by atoms with Crippen LogP contribution in [0.4, 0.5) is 10.1 Å². The molecule has 0 bridgehead atoms. The molecule has 1 N–H and O–H groups in total. The van der Waals surface area contributed by atoms with E-state index >= 15 is 0 Å². The number of halogens is 1. The number of benzene rings is 1. The molecule has 17 heavy (non-hydrogen) atoms. The number of hydrogen-bond acceptors (Lipinski definition) is 3. The Morgan fingerprint density at radius 3 is 3.00 bits per heavy atom. The highest BCUT2D eigenvalue weighted by molar-refractivity contribution is 5.85. The van der Waals surface area contributed by atoms with Gasteiger partial charge in [0.05, 0.1) is 7.11 Å². The van der Waals surface area contributed by atoms with E-state index in [1.807, 2.05) is 6.92 Å². The second-order valence-corrected chi connectivity index (χ2v) is 4.35. The lowest BCUT2D eigenvalue weighted by atomic mass is 9.84. The first-order chi connectivity index (χ1) is 8.11. The van der Waals surface area contributed by atoms with Gasteiger partial charge in [-0.25, -0.2) is 9.18 Å². The summed E-state index contributed by atoms with van der Waals surface area (Å²) in [6, 6.07) is 4.59. The van der Waals surface area contributed by atoms with Crippen molar-refractivity contribution in [2.24, 2.45) is 0 Å². The van der Waals surface area contributed by atoms with Crippen LogP contribution in [0.15, 0.2) is 18.2 Å². The summed E-state index contributed by atoms with van der Waals surface area (Å²) in [6.45, 7) is 1.94. The summed E-state index contributed by atoms with van der Waals surface area (Å²) in [4.78, 5) is 11.8. The Morgan fingerprint density at radius 2 is 2.35 bits per heavy atom. The molecular weight excluding hydrogens is 221 g/mol. The van der Waals surface area contributed by atoms with Crippen molar-refractivity contribution >= 4 is 11.7 Å². The summed E-state index contributed by atoms with van der Waals surface area (Å²) in [5.41, 5.74) is 1.07. The fourth-order valence-corrected chi connectivity index (χ4v) is 2.32. The minimum Gasteiger partial charge on any atom is -0.467 e. The van der Waals surface area contributed by atoms with Crippen LogP contribution in [0.3, 0.4) is 0 Å². The van der Waals surface area contributed by atoms with Gasteiger partial charge in [0.15, 0.2) is 0 Å². The molecule has 1 aromatic rings. The predicted molar refractivity (Wildman–Crippen MR) is 63.4 cm³/mol. The first-order valence-electron chi connectivity index (χ1n) is 5.76. The van der Waals surface area contributed by atoms with Crippen LogP contribution in [0.5, 0.6) is 0 Å². The Balaban J connectivity index is 2.33. The Labute approximate surface area is 100.0 Å². The van der Waals surface area contributed by atoms with E-state index in [9.17, 15) is 9.18 Å². The van der Waals surface area contributed by atoms with Gasteiger partial charge >= 0.3 is 5.97 Å². The molecule has 3 nitrogen and oxygen atoms in total. The zero-order chi connectivity index (χ0) is 12.5. The topological polar surface area (TPSA) is 38.3 Å². The number of carbonyl (C=O) groups excluding carboxylic acids is 1. The van der Waals surface area contributed by atoms with E-state index in [1.165, 1.54) is 19.2 Å². The van der Waals surface area contributed by atoms with Crippen molar-refractivity contribution < 1.29 is 13.9 Å². The number of fused-ring (bicyclic) bond motifs is 1. The molecule has 1 aromatic carbocycles. The number of nitrogens with one attached hydrogen (secondary N) is 1. The molecule has 0 aromatic heterocycles. The highest BCUT2D eigenvalue weighted by Gasteiger charge is 2.40. The van der Waals surface area contributed by atoms with Crippen molar-refractivity contribution in [3.8, 4) is 0 Å². The lowest BCUT2D eigenvalue weighted by Crippen LogP contribution is -2.49. The minimum absolute atomic E-state index is 0.243. The van der Waals surface area contributed by atoms with Crippen LogP contribution in [0, 0.1) is 5.82 Å². The van der Waals surface area contributed by atoms with Gasteiger partial charge in [-0.3, -0.25) is 0 Å². The first kappa shape index (κ1) is 11.9. The summed E-state index contributed by atoms with van der Waals surface area (Å²) in [5.74, 6) is -0.498. The van der Waals surface area contributed by atoms with Crippen LogP contribution in [0.25, 0.3) is 0 Å². The molecule has 1 heterocycles. The van der Waals surface area contributed by atoms with E-state index in [-0.39, 0.29) is 11.8 Å². The maximum atomic E-state index is 13.1. The van der Waals surface area contributed by atoms with E-state index in [0.717, 1.165) is 11.3 Å². The highest BCUT2D eigenvalue weighted by atomic mass is 19.1. The Hall–Kier alpha value is -1.58. The van der Waals surface area contributed by atoms with E-state index in [2.05, 4.69) is 5.32 Å². The number of hydrogen-bond donors (Lipinski definition) is 1. The number of carbonyl (C=O) groups is 1. The number of aryl methyl sites for hydroxylation is 1. The third kappa shape index (κ3) is 1.99. The lowest BCUT2D eigenvalue weighted by molar-refractivity contribution is -0.146. The van der Waals surface area contributed by atoms with Gasteiger partial charge in [-0.05, 0) is 43.0 Å². The molecule has 0 saturated carbocycles. The lowest BCUT2D eigenvalue weighted by Gasteiger charge is -2.36. The van der Waals surface area contributed by atoms with Crippen molar-refractivity contribution in [3.05, 3.63) is 29.6 Å². The number of anilines is 1. The van der Waals surface area contributed by atoms with Crippen molar-refractivity contribution in [1.82, 2.24) is 0 Å². The molecule has 1 aliphatic heterocycles. The van der Waals surface area contributed by atoms with Crippen LogP contribution in [-0.2, 0) is 16.0 Å². The third-order valence-corrected chi connectivity index (χ3v) is 3.44. The molecule has 0 fully saturated rings. The SMILES string of the molecule is CCC1(C(=O)OC)CCc2cc(F)ccc2N1. The normalized spacial score (nSPS) is 22.5. The molecule has 0 amide bonds. The fraction of sp³-hybridized carbons (Fsp3) is 0.462. The minimum atomic E-state index is -0.667. The monoisotopic (exact) mass is 237 g/mol. The van der Waals surface area contributed by atoms with Crippen LogP contribution in [0.1, 0.15) is 25.3 Å². The number of methoxy groups -OCH3 is 1. The summed E-state index contributed by atoms with van der Waals surface area (Å²) in [5, 5.41) is 3.20. The molecule has 4 heteroatoms. The summed E-state index contributed by atoms with van der Waals surface area (Å²) in [7, 11) is 1.39. The zero-order valence-electron chi connectivity index (χ0n) is 10.0. The number of rotatable bonds is 2. The molecule has 1 unspecified atom stereocenters. The molecule has 92 valence electrons. The molecule has 0 spiro atoms. The van der Waals surface area contributed by atoms with E-state index in [4.69, 9.17) is 4.74 Å². The van der Waals surface area contributed by atoms with Gasteiger partial charge in [0.2, 0.25) is 0 Å². The van der Waals surface area contributed by atoms with Crippen LogP contribution < -0.4 is 5.32 Å². The summed E-state index contributed by atoms with van der Waals surface area (Å²) < 4.78 is 17.9.